The van der Waals surface area contributed by atoms with E-state index in [0.29, 0.717) is 5.25 Å². The van der Waals surface area contributed by atoms with E-state index in [-0.39, 0.29) is 0 Å². The molecule has 2 aromatic heterocycles. The first-order chi connectivity index (χ1) is 10.4. The molecule has 5 heteroatoms. The number of hydrogen-bond acceptors (Lipinski definition) is 4. The maximum atomic E-state index is 5.51. The van der Waals surface area contributed by atoms with Gasteiger partial charge in [0.15, 0.2) is 10.9 Å². The summed E-state index contributed by atoms with van der Waals surface area (Å²) in [6.45, 7) is 0. The third-order valence-electron chi connectivity index (χ3n) is 3.71. The molecule has 1 aliphatic carbocycles. The van der Waals surface area contributed by atoms with Crippen molar-refractivity contribution >= 4 is 11.8 Å². The van der Waals surface area contributed by atoms with Crippen LogP contribution in [0.4, 0.5) is 0 Å². The predicted octanol–water partition coefficient (Wildman–Crippen LogP) is 4.17. The van der Waals surface area contributed by atoms with Crippen molar-refractivity contribution in [3.05, 3.63) is 48.7 Å². The fourth-order valence-corrected chi connectivity index (χ4v) is 3.61. The molecule has 0 unspecified atom stereocenters. The van der Waals surface area contributed by atoms with E-state index in [9.17, 15) is 0 Å². The van der Waals surface area contributed by atoms with Gasteiger partial charge in [0.1, 0.15) is 0 Å². The molecule has 2 heterocycles. The molecule has 0 spiro atoms. The van der Waals surface area contributed by atoms with E-state index >= 15 is 0 Å². The van der Waals surface area contributed by atoms with E-state index in [1.54, 1.807) is 6.26 Å². The van der Waals surface area contributed by atoms with Crippen LogP contribution in [0.1, 0.15) is 19.3 Å². The minimum atomic E-state index is 0.668. The maximum absolute atomic E-state index is 5.51. The molecule has 1 aliphatic rings. The van der Waals surface area contributed by atoms with Crippen LogP contribution in [0.2, 0.25) is 0 Å². The molecule has 0 amide bonds. The van der Waals surface area contributed by atoms with E-state index in [4.69, 9.17) is 4.42 Å². The van der Waals surface area contributed by atoms with Gasteiger partial charge in [0, 0.05) is 10.9 Å². The van der Waals surface area contributed by atoms with Crippen molar-refractivity contribution in [1.82, 2.24) is 14.8 Å². The van der Waals surface area contributed by atoms with Crippen molar-refractivity contribution in [2.75, 3.05) is 0 Å². The Balaban J connectivity index is 1.80. The van der Waals surface area contributed by atoms with Crippen molar-refractivity contribution in [2.45, 2.75) is 29.7 Å². The number of nitrogens with zero attached hydrogens (tertiary/aromatic N) is 3. The first-order valence-electron chi connectivity index (χ1n) is 7.13. The number of para-hydroxylation sites is 1. The van der Waals surface area contributed by atoms with Gasteiger partial charge >= 0.3 is 0 Å². The Morgan fingerprint density at radius 2 is 1.90 bits per heavy atom. The fraction of sp³-hybridized carbons (Fsp3) is 0.250. The Kier molecular flexibility index (Phi) is 3.27. The molecule has 0 radical (unpaired) electrons. The average molecular weight is 297 g/mol. The minimum Gasteiger partial charge on any atom is -0.461 e. The molecule has 1 aromatic carbocycles. The lowest BCUT2D eigenvalue weighted by atomic mass is 10.0. The first-order valence-corrected chi connectivity index (χ1v) is 8.01. The third kappa shape index (κ3) is 2.38. The Morgan fingerprint density at radius 3 is 2.57 bits per heavy atom. The summed E-state index contributed by atoms with van der Waals surface area (Å²) in [7, 11) is 0. The van der Waals surface area contributed by atoms with Gasteiger partial charge in [-0.15, -0.1) is 10.2 Å². The Bertz CT molecular complexity index is 717. The number of thioether (sulfide) groups is 1. The summed E-state index contributed by atoms with van der Waals surface area (Å²) in [4.78, 5) is 0. The molecule has 106 valence electrons. The van der Waals surface area contributed by atoms with Crippen LogP contribution in [-0.4, -0.2) is 20.0 Å². The zero-order valence-electron chi connectivity index (χ0n) is 11.5. The van der Waals surface area contributed by atoms with Crippen LogP contribution < -0.4 is 0 Å². The second-order valence-corrected chi connectivity index (χ2v) is 6.39. The molecule has 0 saturated heterocycles. The van der Waals surface area contributed by atoms with Crippen LogP contribution in [0.25, 0.3) is 17.3 Å². The quantitative estimate of drug-likeness (QED) is 0.725. The Morgan fingerprint density at radius 1 is 1.05 bits per heavy atom. The molecule has 21 heavy (non-hydrogen) atoms. The summed E-state index contributed by atoms with van der Waals surface area (Å²) >= 11 is 1.82. The summed E-state index contributed by atoms with van der Waals surface area (Å²) in [5, 5.41) is 10.3. The number of hydrogen-bond donors (Lipinski definition) is 0. The van der Waals surface area contributed by atoms with Crippen molar-refractivity contribution in [3.8, 4) is 17.3 Å². The largest absolute Gasteiger partial charge is 0.461 e. The van der Waals surface area contributed by atoms with E-state index in [0.717, 1.165) is 22.4 Å². The fourth-order valence-electron chi connectivity index (χ4n) is 2.36. The average Bonchev–Trinajstić information content (AvgIpc) is 3.13. The molecule has 0 bridgehead atoms. The van der Waals surface area contributed by atoms with E-state index < -0.39 is 0 Å². The summed E-state index contributed by atoms with van der Waals surface area (Å²) in [5.41, 5.74) is 1.07. The monoisotopic (exact) mass is 297 g/mol. The zero-order valence-corrected chi connectivity index (χ0v) is 12.3. The molecule has 1 saturated carbocycles. The molecule has 3 aromatic rings. The van der Waals surface area contributed by atoms with Crippen LogP contribution in [0.15, 0.2) is 58.3 Å². The second kappa shape index (κ2) is 5.41. The highest BCUT2D eigenvalue weighted by Gasteiger charge is 2.24. The first kappa shape index (κ1) is 12.7. The molecule has 1 fully saturated rings. The van der Waals surface area contributed by atoms with Crippen molar-refractivity contribution in [1.29, 1.82) is 0 Å². The summed E-state index contributed by atoms with van der Waals surface area (Å²) in [5.74, 6) is 1.50. The minimum absolute atomic E-state index is 0.668. The molecule has 0 atom stereocenters. The molecule has 0 aliphatic heterocycles. The van der Waals surface area contributed by atoms with Crippen LogP contribution in [-0.2, 0) is 0 Å². The van der Waals surface area contributed by atoms with Gasteiger partial charge in [-0.05, 0) is 37.1 Å². The highest BCUT2D eigenvalue weighted by molar-refractivity contribution is 7.99. The molecule has 4 rings (SSSR count). The van der Waals surface area contributed by atoms with Crippen molar-refractivity contribution in [2.24, 2.45) is 0 Å². The Hall–Kier alpha value is -2.01. The number of furan rings is 1. The molecule has 4 nitrogen and oxygen atoms in total. The highest BCUT2D eigenvalue weighted by Crippen LogP contribution is 2.37. The van der Waals surface area contributed by atoms with Gasteiger partial charge in [0.2, 0.25) is 5.82 Å². The number of benzene rings is 1. The third-order valence-corrected chi connectivity index (χ3v) is 4.99. The van der Waals surface area contributed by atoms with Crippen molar-refractivity contribution in [3.63, 3.8) is 0 Å². The lowest BCUT2D eigenvalue weighted by Crippen LogP contribution is -2.14. The van der Waals surface area contributed by atoms with Gasteiger partial charge in [-0.1, -0.05) is 36.4 Å². The standard InChI is InChI=1S/C16H15N3OS/c1-2-6-12(7-3-1)19-15(14-10-5-11-20-14)17-18-16(19)21-13-8-4-9-13/h1-3,5-7,10-11,13H,4,8-9H2. The smallest absolute Gasteiger partial charge is 0.205 e. The Labute approximate surface area is 127 Å². The van der Waals surface area contributed by atoms with Gasteiger partial charge in [0.25, 0.3) is 0 Å². The van der Waals surface area contributed by atoms with Gasteiger partial charge < -0.3 is 4.42 Å². The summed E-state index contributed by atoms with van der Waals surface area (Å²) in [6, 6.07) is 14.0. The topological polar surface area (TPSA) is 43.9 Å². The zero-order chi connectivity index (χ0) is 14.1. The highest BCUT2D eigenvalue weighted by atomic mass is 32.2. The lowest BCUT2D eigenvalue weighted by Gasteiger charge is -2.24. The van der Waals surface area contributed by atoms with E-state index in [1.807, 2.05) is 42.1 Å². The van der Waals surface area contributed by atoms with Gasteiger partial charge in [-0.25, -0.2) is 0 Å². The van der Waals surface area contributed by atoms with E-state index in [2.05, 4.69) is 26.9 Å². The molecular weight excluding hydrogens is 282 g/mol. The predicted molar refractivity (Wildman–Crippen MR) is 82.6 cm³/mol. The van der Waals surface area contributed by atoms with Crippen LogP contribution in [0.5, 0.6) is 0 Å². The molecular formula is C16H15N3OS. The maximum Gasteiger partial charge on any atom is 0.205 e. The SMILES string of the molecule is c1ccc(-n2c(SC3CCC3)nnc2-c2ccco2)cc1. The van der Waals surface area contributed by atoms with Gasteiger partial charge in [0.05, 0.1) is 6.26 Å². The lowest BCUT2D eigenvalue weighted by molar-refractivity contribution is 0.520. The van der Waals surface area contributed by atoms with Crippen LogP contribution in [0, 0.1) is 0 Å². The van der Waals surface area contributed by atoms with Gasteiger partial charge in [-0.3, -0.25) is 4.57 Å². The normalized spacial score (nSPS) is 15.0. The van der Waals surface area contributed by atoms with Crippen LogP contribution in [0.3, 0.4) is 0 Å². The summed E-state index contributed by atoms with van der Waals surface area (Å²) in [6.07, 6.45) is 5.52. The molecule has 0 N–H and O–H groups in total. The number of rotatable bonds is 4. The van der Waals surface area contributed by atoms with Crippen LogP contribution >= 0.6 is 11.8 Å². The second-order valence-electron chi connectivity index (χ2n) is 5.13. The van der Waals surface area contributed by atoms with E-state index in [1.165, 1.54) is 19.3 Å². The number of aromatic nitrogens is 3. The van der Waals surface area contributed by atoms with Gasteiger partial charge in [-0.2, -0.15) is 0 Å². The summed E-state index contributed by atoms with van der Waals surface area (Å²) < 4.78 is 7.59. The van der Waals surface area contributed by atoms with Crippen molar-refractivity contribution < 1.29 is 4.42 Å².